The molecule has 1 fully saturated rings. The Bertz CT molecular complexity index is 1340. The zero-order valence-electron chi connectivity index (χ0n) is 17.4. The molecule has 0 spiro atoms. The van der Waals surface area contributed by atoms with E-state index in [4.69, 9.17) is 5.73 Å². The summed E-state index contributed by atoms with van der Waals surface area (Å²) in [4.78, 5) is 8.12. The molecule has 5 rings (SSSR count). The third-order valence-corrected chi connectivity index (χ3v) is 7.05. The number of nitrogens with zero attached hydrogens (tertiary/aromatic N) is 3. The Balaban J connectivity index is 1.50. The first-order valence-electron chi connectivity index (χ1n) is 10.5. The fourth-order valence-electron chi connectivity index (χ4n) is 4.33. The number of nitrogen functional groups attached to an aromatic ring is 1. The molecular formula is C23H20F3N5OS. The lowest BCUT2D eigenvalue weighted by molar-refractivity contribution is 0.532. The van der Waals surface area contributed by atoms with Crippen molar-refractivity contribution in [3.63, 3.8) is 0 Å². The Labute approximate surface area is 191 Å². The van der Waals surface area contributed by atoms with E-state index in [0.29, 0.717) is 34.0 Å². The Morgan fingerprint density at radius 2 is 1.82 bits per heavy atom. The number of nitrogens with two attached hydrogens (primary N) is 1. The van der Waals surface area contributed by atoms with Gasteiger partial charge in [-0.05, 0) is 42.7 Å². The number of rotatable bonds is 5. The Morgan fingerprint density at radius 1 is 1.03 bits per heavy atom. The minimum absolute atomic E-state index is 0.107. The summed E-state index contributed by atoms with van der Waals surface area (Å²) in [6, 6.07) is 7.22. The lowest BCUT2D eigenvalue weighted by Gasteiger charge is -2.13. The molecular weight excluding hydrogens is 451 g/mol. The molecule has 0 bridgehead atoms. The molecule has 0 aliphatic heterocycles. The lowest BCUT2D eigenvalue weighted by Crippen LogP contribution is -2.15. The van der Waals surface area contributed by atoms with Crippen LogP contribution in [0.2, 0.25) is 0 Å². The molecule has 1 unspecified atom stereocenters. The maximum Gasteiger partial charge on any atom is 0.218 e. The van der Waals surface area contributed by atoms with Crippen LogP contribution in [0.4, 0.5) is 24.7 Å². The largest absolute Gasteiger partial charge is 0.588 e. The molecule has 170 valence electrons. The van der Waals surface area contributed by atoms with Crippen molar-refractivity contribution in [1.29, 1.82) is 0 Å². The molecule has 1 aliphatic rings. The summed E-state index contributed by atoms with van der Waals surface area (Å²) in [6.45, 7) is 0. The van der Waals surface area contributed by atoms with E-state index in [9.17, 15) is 17.7 Å². The molecule has 10 heteroatoms. The van der Waals surface area contributed by atoms with E-state index in [0.717, 1.165) is 43.9 Å². The van der Waals surface area contributed by atoms with Crippen molar-refractivity contribution in [2.75, 3.05) is 10.5 Å². The van der Waals surface area contributed by atoms with E-state index in [1.54, 1.807) is 6.07 Å². The number of hydrogen-bond acceptors (Lipinski definition) is 5. The number of hydrogen-bond donors (Lipinski definition) is 2. The van der Waals surface area contributed by atoms with E-state index in [-0.39, 0.29) is 5.69 Å². The van der Waals surface area contributed by atoms with Crippen LogP contribution in [0.15, 0.2) is 53.8 Å². The van der Waals surface area contributed by atoms with Crippen molar-refractivity contribution in [2.45, 2.75) is 36.6 Å². The number of aromatic nitrogens is 3. The lowest BCUT2D eigenvalue weighted by atomic mass is 10.1. The Kier molecular flexibility index (Phi) is 5.63. The zero-order valence-corrected chi connectivity index (χ0v) is 18.2. The van der Waals surface area contributed by atoms with Crippen LogP contribution in [0.5, 0.6) is 0 Å². The van der Waals surface area contributed by atoms with Crippen LogP contribution in [-0.4, -0.2) is 19.1 Å². The standard InChI is InChI=1S/C23H20F3N5OS/c24-14-6-7-17(25)20(10-14)33(32)30-19-8-5-13(9-18(19)26)16-11-31(15-3-1-2-4-15)23-21(16)22(27)28-12-29-23/h5-12,15,30H,1-4H2,(H2,27,28,29). The van der Waals surface area contributed by atoms with E-state index >= 15 is 0 Å². The van der Waals surface area contributed by atoms with Crippen LogP contribution in [0.25, 0.3) is 22.2 Å². The van der Waals surface area contributed by atoms with Crippen molar-refractivity contribution in [2.24, 2.45) is 0 Å². The summed E-state index contributed by atoms with van der Waals surface area (Å²) < 4.78 is 59.2. The molecule has 4 aromatic rings. The Hall–Kier alpha value is -3.24. The van der Waals surface area contributed by atoms with Crippen molar-refractivity contribution in [3.8, 4) is 11.1 Å². The smallest absolute Gasteiger partial charge is 0.218 e. The first kappa shape index (κ1) is 21.6. The average Bonchev–Trinajstić information content (AvgIpc) is 3.45. The second kappa shape index (κ2) is 8.60. The van der Waals surface area contributed by atoms with Gasteiger partial charge in [0.15, 0.2) is 11.6 Å². The number of benzene rings is 2. The highest BCUT2D eigenvalue weighted by Gasteiger charge is 2.24. The molecule has 2 aromatic carbocycles. The van der Waals surface area contributed by atoms with Gasteiger partial charge in [-0.15, -0.1) is 0 Å². The normalized spacial score (nSPS) is 15.3. The fourth-order valence-corrected chi connectivity index (χ4v) is 5.27. The molecule has 2 heterocycles. The maximum atomic E-state index is 15.0. The van der Waals surface area contributed by atoms with Crippen molar-refractivity contribution < 1.29 is 17.7 Å². The van der Waals surface area contributed by atoms with Crippen molar-refractivity contribution in [1.82, 2.24) is 14.5 Å². The second-order valence-corrected chi connectivity index (χ2v) is 9.17. The van der Waals surface area contributed by atoms with Gasteiger partial charge in [-0.2, -0.15) is 0 Å². The Morgan fingerprint density at radius 3 is 2.58 bits per heavy atom. The van der Waals surface area contributed by atoms with E-state index in [1.807, 2.05) is 6.20 Å². The van der Waals surface area contributed by atoms with Crippen LogP contribution in [0, 0.1) is 17.5 Å². The zero-order chi connectivity index (χ0) is 23.1. The first-order valence-corrected chi connectivity index (χ1v) is 11.6. The second-order valence-electron chi connectivity index (χ2n) is 7.99. The molecule has 1 saturated carbocycles. The van der Waals surface area contributed by atoms with Gasteiger partial charge in [0.2, 0.25) is 4.90 Å². The third kappa shape index (κ3) is 4.00. The third-order valence-electron chi connectivity index (χ3n) is 5.93. The minimum atomic E-state index is -2.19. The predicted octanol–water partition coefficient (Wildman–Crippen LogP) is 5.35. The van der Waals surface area contributed by atoms with Crippen LogP contribution in [-0.2, 0) is 11.4 Å². The summed E-state index contributed by atoms with van der Waals surface area (Å²) in [5.41, 5.74) is 7.99. The number of nitrogens with one attached hydrogen (secondary N) is 1. The summed E-state index contributed by atoms with van der Waals surface area (Å²) in [5, 5.41) is 0.648. The molecule has 0 radical (unpaired) electrons. The van der Waals surface area contributed by atoms with Crippen LogP contribution in [0.1, 0.15) is 31.7 Å². The summed E-state index contributed by atoms with van der Waals surface area (Å²) >= 11 is -2.19. The molecule has 0 amide bonds. The van der Waals surface area contributed by atoms with Crippen molar-refractivity contribution in [3.05, 3.63) is 66.4 Å². The average molecular weight is 472 g/mol. The van der Waals surface area contributed by atoms with Gasteiger partial charge in [0.1, 0.15) is 40.7 Å². The molecule has 1 atom stereocenters. The molecule has 3 N–H and O–H groups in total. The SMILES string of the molecule is Nc1ncnc2c1c(-c1ccc(N[S+]([O-])c3cc(F)ccc3F)c(F)c1)cn2C1CCCC1. The summed E-state index contributed by atoms with van der Waals surface area (Å²) in [6.07, 6.45) is 7.69. The van der Waals surface area contributed by atoms with Gasteiger partial charge in [0.05, 0.1) is 5.39 Å². The molecule has 2 aromatic heterocycles. The highest BCUT2D eigenvalue weighted by molar-refractivity contribution is 7.92. The summed E-state index contributed by atoms with van der Waals surface area (Å²) in [5.74, 6) is -1.99. The van der Waals surface area contributed by atoms with E-state index in [1.165, 1.54) is 18.5 Å². The van der Waals surface area contributed by atoms with Gasteiger partial charge < -0.3 is 14.9 Å². The van der Waals surface area contributed by atoms with Gasteiger partial charge in [-0.1, -0.05) is 18.9 Å². The van der Waals surface area contributed by atoms with Crippen molar-refractivity contribution >= 4 is 33.9 Å². The molecule has 6 nitrogen and oxygen atoms in total. The van der Waals surface area contributed by atoms with E-state index in [2.05, 4.69) is 19.3 Å². The van der Waals surface area contributed by atoms with Gasteiger partial charge in [-0.3, -0.25) is 0 Å². The number of halogens is 3. The molecule has 1 aliphatic carbocycles. The van der Waals surface area contributed by atoms with Crippen LogP contribution >= 0.6 is 0 Å². The van der Waals surface area contributed by atoms with Gasteiger partial charge in [-0.25, -0.2) is 27.9 Å². The number of anilines is 2. The molecule has 0 saturated heterocycles. The minimum Gasteiger partial charge on any atom is -0.588 e. The van der Waals surface area contributed by atoms with Crippen LogP contribution < -0.4 is 10.5 Å². The van der Waals surface area contributed by atoms with Crippen LogP contribution in [0.3, 0.4) is 0 Å². The first-order chi connectivity index (χ1) is 15.9. The maximum absolute atomic E-state index is 15.0. The fraction of sp³-hybridized carbons (Fsp3) is 0.217. The van der Waals surface area contributed by atoms with Gasteiger partial charge in [0, 0.05) is 23.9 Å². The number of fused-ring (bicyclic) bond motifs is 1. The van der Waals surface area contributed by atoms with E-state index < -0.39 is 33.7 Å². The quantitative estimate of drug-likeness (QED) is 0.383. The monoisotopic (exact) mass is 471 g/mol. The highest BCUT2D eigenvalue weighted by atomic mass is 32.2. The topological polar surface area (TPSA) is 91.8 Å². The highest BCUT2D eigenvalue weighted by Crippen LogP contribution is 2.39. The predicted molar refractivity (Wildman–Crippen MR) is 121 cm³/mol. The summed E-state index contributed by atoms with van der Waals surface area (Å²) in [7, 11) is 0. The van der Waals surface area contributed by atoms with Gasteiger partial charge in [0.25, 0.3) is 0 Å². The molecule has 33 heavy (non-hydrogen) atoms. The van der Waals surface area contributed by atoms with Gasteiger partial charge >= 0.3 is 0 Å².